The fraction of sp³-hybridized carbons (Fsp3) is 0.273. The summed E-state index contributed by atoms with van der Waals surface area (Å²) in [5, 5.41) is 7.11. The molecule has 0 atom stereocenters. The summed E-state index contributed by atoms with van der Waals surface area (Å²) in [5.41, 5.74) is 1.06. The van der Waals surface area contributed by atoms with Gasteiger partial charge in [0.05, 0.1) is 0 Å². The second-order valence-electron chi connectivity index (χ2n) is 3.22. The molecule has 0 radical (unpaired) electrons. The van der Waals surface area contributed by atoms with Crippen LogP contribution < -0.4 is 0 Å². The van der Waals surface area contributed by atoms with Crippen molar-refractivity contribution >= 4 is 0 Å². The van der Waals surface area contributed by atoms with Gasteiger partial charge in [0.2, 0.25) is 0 Å². The molecule has 1 heterocycles. The molecule has 0 bridgehead atoms. The molecule has 2 aromatic rings. The van der Waals surface area contributed by atoms with E-state index in [0.29, 0.717) is 0 Å². The molecule has 0 saturated heterocycles. The van der Waals surface area contributed by atoms with Gasteiger partial charge in [-0.3, -0.25) is 5.10 Å². The van der Waals surface area contributed by atoms with E-state index in [9.17, 15) is 0 Å². The zero-order chi connectivity index (χ0) is 9.80. The van der Waals surface area contributed by atoms with Crippen molar-refractivity contribution in [3.63, 3.8) is 0 Å². The third kappa shape index (κ3) is 1.82. The monoisotopic (exact) mass is 187 g/mol. The average molecular weight is 187 g/mol. The second-order valence-corrected chi connectivity index (χ2v) is 3.22. The van der Waals surface area contributed by atoms with Crippen LogP contribution in [0.15, 0.2) is 30.3 Å². The molecular weight excluding hydrogens is 174 g/mol. The summed E-state index contributed by atoms with van der Waals surface area (Å²) in [6, 6.07) is 10.00. The molecule has 2 rings (SSSR count). The van der Waals surface area contributed by atoms with Gasteiger partial charge in [0.25, 0.3) is 0 Å². The Kier molecular flexibility index (Phi) is 2.58. The molecular formula is C11H13N3. The Hall–Kier alpha value is -1.64. The van der Waals surface area contributed by atoms with E-state index in [0.717, 1.165) is 30.1 Å². The van der Waals surface area contributed by atoms with Gasteiger partial charge in [-0.1, -0.05) is 37.3 Å². The van der Waals surface area contributed by atoms with Gasteiger partial charge in [-0.15, -0.1) is 0 Å². The van der Waals surface area contributed by atoms with E-state index in [2.05, 4.69) is 22.1 Å². The van der Waals surface area contributed by atoms with Crippen molar-refractivity contribution in [1.82, 2.24) is 15.2 Å². The lowest BCUT2D eigenvalue weighted by Gasteiger charge is -1.91. The van der Waals surface area contributed by atoms with Gasteiger partial charge >= 0.3 is 0 Å². The molecule has 0 unspecified atom stereocenters. The maximum atomic E-state index is 4.40. The topological polar surface area (TPSA) is 41.6 Å². The zero-order valence-electron chi connectivity index (χ0n) is 8.20. The lowest BCUT2D eigenvalue weighted by atomic mass is 10.2. The van der Waals surface area contributed by atoms with Crippen LogP contribution >= 0.6 is 0 Å². The summed E-state index contributed by atoms with van der Waals surface area (Å²) >= 11 is 0. The first-order valence-electron chi connectivity index (χ1n) is 4.87. The van der Waals surface area contributed by atoms with Crippen LogP contribution in [0.5, 0.6) is 0 Å². The van der Waals surface area contributed by atoms with Crippen molar-refractivity contribution in [3.8, 4) is 11.4 Å². The summed E-state index contributed by atoms with van der Waals surface area (Å²) in [6.07, 6.45) is 2.04. The first kappa shape index (κ1) is 8.94. The van der Waals surface area contributed by atoms with Gasteiger partial charge in [0, 0.05) is 12.0 Å². The standard InChI is InChI=1S/C11H13N3/c1-2-6-10-12-11(14-13-10)9-7-4-3-5-8-9/h3-5,7-8H,2,6H2,1H3,(H,12,13,14). The van der Waals surface area contributed by atoms with Crippen LogP contribution in [0.1, 0.15) is 19.2 Å². The lowest BCUT2D eigenvalue weighted by molar-refractivity contribution is 0.841. The first-order chi connectivity index (χ1) is 6.90. The molecule has 0 spiro atoms. The first-order valence-corrected chi connectivity index (χ1v) is 4.87. The van der Waals surface area contributed by atoms with E-state index in [4.69, 9.17) is 0 Å². The number of aromatic nitrogens is 3. The van der Waals surface area contributed by atoms with Crippen molar-refractivity contribution in [2.75, 3.05) is 0 Å². The molecule has 1 N–H and O–H groups in total. The number of benzene rings is 1. The van der Waals surface area contributed by atoms with Crippen LogP contribution in [0.3, 0.4) is 0 Å². The Balaban J connectivity index is 2.25. The van der Waals surface area contributed by atoms with Crippen molar-refractivity contribution in [3.05, 3.63) is 36.2 Å². The van der Waals surface area contributed by atoms with Crippen molar-refractivity contribution in [2.24, 2.45) is 0 Å². The number of nitrogens with one attached hydrogen (secondary N) is 1. The van der Waals surface area contributed by atoms with Crippen LogP contribution in [0, 0.1) is 0 Å². The average Bonchev–Trinajstić information content (AvgIpc) is 2.68. The highest BCUT2D eigenvalue weighted by molar-refractivity contribution is 5.53. The van der Waals surface area contributed by atoms with Gasteiger partial charge in [-0.2, -0.15) is 5.10 Å². The number of rotatable bonds is 3. The summed E-state index contributed by atoms with van der Waals surface area (Å²) < 4.78 is 0. The highest BCUT2D eigenvalue weighted by Gasteiger charge is 2.03. The van der Waals surface area contributed by atoms with E-state index < -0.39 is 0 Å². The van der Waals surface area contributed by atoms with Gasteiger partial charge in [0.1, 0.15) is 5.82 Å². The van der Waals surface area contributed by atoms with Crippen LogP contribution in [0.2, 0.25) is 0 Å². The molecule has 0 aliphatic carbocycles. The minimum atomic E-state index is 0.786. The smallest absolute Gasteiger partial charge is 0.181 e. The quantitative estimate of drug-likeness (QED) is 0.801. The number of aryl methyl sites for hydroxylation is 1. The molecule has 0 aliphatic heterocycles. The van der Waals surface area contributed by atoms with Crippen molar-refractivity contribution < 1.29 is 0 Å². The summed E-state index contributed by atoms with van der Waals surface area (Å²) in [5.74, 6) is 1.75. The molecule has 1 aromatic heterocycles. The fourth-order valence-corrected chi connectivity index (χ4v) is 1.36. The zero-order valence-corrected chi connectivity index (χ0v) is 8.20. The van der Waals surface area contributed by atoms with Gasteiger partial charge < -0.3 is 0 Å². The molecule has 0 saturated carbocycles. The SMILES string of the molecule is CCCc1nc(-c2ccccc2)n[nH]1. The van der Waals surface area contributed by atoms with Crippen LogP contribution in [0.25, 0.3) is 11.4 Å². The second kappa shape index (κ2) is 4.05. The van der Waals surface area contributed by atoms with E-state index in [1.165, 1.54) is 0 Å². The molecule has 1 aromatic carbocycles. The molecule has 14 heavy (non-hydrogen) atoms. The maximum Gasteiger partial charge on any atom is 0.181 e. The summed E-state index contributed by atoms with van der Waals surface area (Å²) in [4.78, 5) is 4.40. The van der Waals surface area contributed by atoms with Gasteiger partial charge in [0.15, 0.2) is 5.82 Å². The predicted molar refractivity (Wildman–Crippen MR) is 55.8 cm³/mol. The Bertz CT molecular complexity index is 392. The fourth-order valence-electron chi connectivity index (χ4n) is 1.36. The van der Waals surface area contributed by atoms with Crippen LogP contribution in [-0.4, -0.2) is 15.2 Å². The number of hydrogen-bond donors (Lipinski definition) is 1. The van der Waals surface area contributed by atoms with Crippen molar-refractivity contribution in [2.45, 2.75) is 19.8 Å². The van der Waals surface area contributed by atoms with E-state index in [1.54, 1.807) is 0 Å². The van der Waals surface area contributed by atoms with Gasteiger partial charge in [-0.25, -0.2) is 4.98 Å². The van der Waals surface area contributed by atoms with Gasteiger partial charge in [-0.05, 0) is 6.42 Å². The largest absolute Gasteiger partial charge is 0.263 e. The molecule has 3 heteroatoms. The van der Waals surface area contributed by atoms with E-state index in [-0.39, 0.29) is 0 Å². The van der Waals surface area contributed by atoms with Crippen LogP contribution in [0.4, 0.5) is 0 Å². The summed E-state index contributed by atoms with van der Waals surface area (Å²) in [6.45, 7) is 2.13. The van der Waals surface area contributed by atoms with E-state index >= 15 is 0 Å². The number of H-pyrrole nitrogens is 1. The Morgan fingerprint density at radius 2 is 2.00 bits per heavy atom. The molecule has 0 amide bonds. The van der Waals surface area contributed by atoms with Crippen LogP contribution in [-0.2, 0) is 6.42 Å². The minimum absolute atomic E-state index is 0.786. The normalized spacial score (nSPS) is 10.4. The number of hydrogen-bond acceptors (Lipinski definition) is 2. The third-order valence-electron chi connectivity index (χ3n) is 2.05. The number of aromatic amines is 1. The maximum absolute atomic E-state index is 4.40. The summed E-state index contributed by atoms with van der Waals surface area (Å²) in [7, 11) is 0. The highest BCUT2D eigenvalue weighted by Crippen LogP contribution is 2.13. The predicted octanol–water partition coefficient (Wildman–Crippen LogP) is 2.42. The third-order valence-corrected chi connectivity index (χ3v) is 2.05. The Morgan fingerprint density at radius 1 is 1.21 bits per heavy atom. The highest BCUT2D eigenvalue weighted by atomic mass is 15.2. The Morgan fingerprint density at radius 3 is 2.71 bits per heavy atom. The number of nitrogens with zero attached hydrogens (tertiary/aromatic N) is 2. The minimum Gasteiger partial charge on any atom is -0.263 e. The van der Waals surface area contributed by atoms with Crippen molar-refractivity contribution in [1.29, 1.82) is 0 Å². The molecule has 0 aliphatic rings. The molecule has 0 fully saturated rings. The lowest BCUT2D eigenvalue weighted by Crippen LogP contribution is -1.85. The van der Waals surface area contributed by atoms with E-state index in [1.807, 2.05) is 30.3 Å². The molecule has 3 nitrogen and oxygen atoms in total. The molecule has 72 valence electrons. The Labute approximate surface area is 83.2 Å².